The molecule has 132 valence electrons. The van der Waals surface area contributed by atoms with Crippen LogP contribution in [0.3, 0.4) is 0 Å². The Hall–Kier alpha value is -1.67. The number of nitrogens with zero attached hydrogens (tertiary/aromatic N) is 1. The highest BCUT2D eigenvalue weighted by Crippen LogP contribution is 2.32. The zero-order chi connectivity index (χ0) is 18.4. The summed E-state index contributed by atoms with van der Waals surface area (Å²) < 4.78 is 3.90. The Morgan fingerprint density at radius 3 is 2.16 bits per heavy atom. The minimum Gasteiger partial charge on any atom is -0.184 e. The van der Waals surface area contributed by atoms with Crippen LogP contribution in [-0.2, 0) is 5.41 Å². The molecule has 3 aromatic rings. The summed E-state index contributed by atoms with van der Waals surface area (Å²) in [7, 11) is 0. The first-order valence-electron chi connectivity index (χ1n) is 9.27. The maximum Gasteiger partial charge on any atom is 0.241 e. The Bertz CT molecular complexity index is 894. The second-order valence-corrected chi connectivity index (χ2v) is 9.63. The summed E-state index contributed by atoms with van der Waals surface area (Å²) in [6.07, 6.45) is 0. The van der Waals surface area contributed by atoms with Crippen molar-refractivity contribution in [3.63, 3.8) is 0 Å². The van der Waals surface area contributed by atoms with Crippen LogP contribution in [-0.4, -0.2) is 0 Å². The van der Waals surface area contributed by atoms with Crippen LogP contribution in [0.4, 0.5) is 0 Å². The zero-order valence-electron chi connectivity index (χ0n) is 16.6. The van der Waals surface area contributed by atoms with Gasteiger partial charge in [-0.1, -0.05) is 76.3 Å². The third-order valence-corrected chi connectivity index (χ3v) is 6.19. The topological polar surface area (TPSA) is 3.88 Å². The highest BCUT2D eigenvalue weighted by Gasteiger charge is 2.25. The summed E-state index contributed by atoms with van der Waals surface area (Å²) in [6.45, 7) is 16.0. The van der Waals surface area contributed by atoms with Crippen LogP contribution in [0.2, 0.25) is 0 Å². The van der Waals surface area contributed by atoms with Crippen molar-refractivity contribution in [2.75, 3.05) is 0 Å². The summed E-state index contributed by atoms with van der Waals surface area (Å²) >= 11 is 1.93. The third-order valence-electron chi connectivity index (χ3n) is 4.74. The van der Waals surface area contributed by atoms with Gasteiger partial charge < -0.3 is 0 Å². The fourth-order valence-corrected chi connectivity index (χ4v) is 4.61. The second kappa shape index (κ2) is 6.57. The van der Waals surface area contributed by atoms with Crippen LogP contribution in [0.1, 0.15) is 71.0 Å². The molecule has 0 saturated carbocycles. The SMILES string of the molecule is CC(C)c1sc2ccc(-c3cccc(C(C)(C)C)c3)cc2[n+]1C(C)C. The Morgan fingerprint density at radius 1 is 0.880 bits per heavy atom. The van der Waals surface area contributed by atoms with Gasteiger partial charge in [-0.25, -0.2) is 0 Å². The molecule has 0 N–H and O–H groups in total. The first-order valence-corrected chi connectivity index (χ1v) is 10.1. The number of hydrogen-bond donors (Lipinski definition) is 0. The monoisotopic (exact) mass is 352 g/mol. The molecule has 0 unspecified atom stereocenters. The molecule has 0 aliphatic rings. The molecule has 0 spiro atoms. The molecule has 0 aliphatic carbocycles. The predicted octanol–water partition coefficient (Wildman–Crippen LogP) is 6.86. The van der Waals surface area contributed by atoms with Gasteiger partial charge in [0.2, 0.25) is 10.5 Å². The van der Waals surface area contributed by atoms with Crippen LogP contribution in [0.25, 0.3) is 21.3 Å². The average Bonchev–Trinajstić information content (AvgIpc) is 2.93. The normalized spacial score (nSPS) is 12.5. The lowest BCUT2D eigenvalue weighted by Gasteiger charge is -2.19. The van der Waals surface area contributed by atoms with Crippen molar-refractivity contribution in [2.45, 2.75) is 65.8 Å². The molecule has 25 heavy (non-hydrogen) atoms. The van der Waals surface area contributed by atoms with Gasteiger partial charge in [0.05, 0.1) is 0 Å². The van der Waals surface area contributed by atoms with Crippen molar-refractivity contribution in [3.8, 4) is 11.1 Å². The minimum atomic E-state index is 0.172. The standard InChI is InChI=1S/C23H30NS/c1-15(2)22-24(16(3)4)20-14-18(11-12-21(20)25-22)17-9-8-10-19(13-17)23(5,6)7/h8-16H,1-7H3/q+1. The lowest BCUT2D eigenvalue weighted by atomic mass is 9.85. The van der Waals surface area contributed by atoms with Gasteiger partial charge in [0.1, 0.15) is 4.70 Å². The fraction of sp³-hybridized carbons (Fsp3) is 0.435. The van der Waals surface area contributed by atoms with Crippen molar-refractivity contribution in [1.29, 1.82) is 0 Å². The molecule has 0 amide bonds. The minimum absolute atomic E-state index is 0.172. The van der Waals surface area contributed by atoms with Crippen molar-refractivity contribution in [1.82, 2.24) is 0 Å². The van der Waals surface area contributed by atoms with E-state index in [1.165, 1.54) is 31.9 Å². The first kappa shape index (κ1) is 18.1. The van der Waals surface area contributed by atoms with Crippen LogP contribution in [0.15, 0.2) is 42.5 Å². The molecule has 1 aromatic heterocycles. The van der Waals surface area contributed by atoms with Gasteiger partial charge in [0, 0.05) is 12.0 Å². The summed E-state index contributed by atoms with van der Waals surface area (Å²) in [4.78, 5) is 0. The van der Waals surface area contributed by atoms with E-state index in [0.29, 0.717) is 12.0 Å². The molecule has 0 bridgehead atoms. The highest BCUT2D eigenvalue weighted by atomic mass is 32.1. The van der Waals surface area contributed by atoms with Gasteiger partial charge in [0.15, 0.2) is 6.04 Å². The quantitative estimate of drug-likeness (QED) is 0.453. The number of hydrogen-bond acceptors (Lipinski definition) is 1. The van der Waals surface area contributed by atoms with Gasteiger partial charge in [0.25, 0.3) is 0 Å². The first-order chi connectivity index (χ1) is 11.7. The maximum atomic E-state index is 2.52. The molecule has 0 atom stereocenters. The Morgan fingerprint density at radius 2 is 1.56 bits per heavy atom. The number of thiazole rings is 1. The number of fused-ring (bicyclic) bond motifs is 1. The van der Waals surface area contributed by atoms with Crippen molar-refractivity contribution >= 4 is 21.6 Å². The van der Waals surface area contributed by atoms with E-state index in [-0.39, 0.29) is 5.41 Å². The Balaban J connectivity index is 2.18. The highest BCUT2D eigenvalue weighted by molar-refractivity contribution is 7.18. The van der Waals surface area contributed by atoms with Crippen LogP contribution >= 0.6 is 11.3 Å². The molecule has 2 heteroatoms. The van der Waals surface area contributed by atoms with Crippen LogP contribution in [0.5, 0.6) is 0 Å². The molecule has 0 saturated heterocycles. The molecule has 1 nitrogen and oxygen atoms in total. The molecule has 0 radical (unpaired) electrons. The van der Waals surface area contributed by atoms with E-state index in [1.54, 1.807) is 0 Å². The number of benzene rings is 2. The summed E-state index contributed by atoms with van der Waals surface area (Å²) in [5.41, 5.74) is 5.53. The molecule has 3 rings (SSSR count). The van der Waals surface area contributed by atoms with E-state index in [4.69, 9.17) is 0 Å². The molecule has 0 aliphatic heterocycles. The largest absolute Gasteiger partial charge is 0.241 e. The number of aromatic nitrogens is 1. The third kappa shape index (κ3) is 3.50. The van der Waals surface area contributed by atoms with Gasteiger partial charge in [-0.05, 0) is 42.0 Å². The van der Waals surface area contributed by atoms with Gasteiger partial charge in [-0.2, -0.15) is 4.57 Å². The van der Waals surface area contributed by atoms with E-state index in [9.17, 15) is 0 Å². The molecular weight excluding hydrogens is 322 g/mol. The van der Waals surface area contributed by atoms with Gasteiger partial charge in [-0.3, -0.25) is 0 Å². The van der Waals surface area contributed by atoms with E-state index < -0.39 is 0 Å². The predicted molar refractivity (Wildman–Crippen MR) is 111 cm³/mol. The maximum absolute atomic E-state index is 2.52. The van der Waals surface area contributed by atoms with E-state index >= 15 is 0 Å². The van der Waals surface area contributed by atoms with Crippen molar-refractivity contribution in [3.05, 3.63) is 53.0 Å². The average molecular weight is 353 g/mol. The van der Waals surface area contributed by atoms with Crippen LogP contribution in [0, 0.1) is 0 Å². The van der Waals surface area contributed by atoms with Crippen LogP contribution < -0.4 is 4.57 Å². The van der Waals surface area contributed by atoms with E-state index in [0.717, 1.165) is 0 Å². The van der Waals surface area contributed by atoms with Gasteiger partial charge >= 0.3 is 0 Å². The van der Waals surface area contributed by atoms with E-state index in [1.807, 2.05) is 11.3 Å². The van der Waals surface area contributed by atoms with Crippen molar-refractivity contribution in [2.24, 2.45) is 0 Å². The summed E-state index contributed by atoms with van der Waals surface area (Å²) in [5.74, 6) is 0.549. The van der Waals surface area contributed by atoms with Crippen molar-refractivity contribution < 1.29 is 4.57 Å². The lowest BCUT2D eigenvalue weighted by molar-refractivity contribution is -0.695. The molecule has 2 aromatic carbocycles. The second-order valence-electron chi connectivity index (χ2n) is 8.57. The molecular formula is C23H30NS+. The Labute approximate surface area is 156 Å². The number of rotatable bonds is 3. The summed E-state index contributed by atoms with van der Waals surface area (Å²) in [5, 5.41) is 1.46. The zero-order valence-corrected chi connectivity index (χ0v) is 17.4. The Kier molecular flexibility index (Phi) is 4.76. The molecule has 1 heterocycles. The summed E-state index contributed by atoms with van der Waals surface area (Å²) in [6, 6.07) is 16.4. The van der Waals surface area contributed by atoms with E-state index in [2.05, 4.69) is 95.5 Å². The smallest absolute Gasteiger partial charge is 0.184 e. The lowest BCUT2D eigenvalue weighted by Crippen LogP contribution is -2.39. The fourth-order valence-electron chi connectivity index (χ4n) is 3.35. The molecule has 0 fully saturated rings. The van der Waals surface area contributed by atoms with Gasteiger partial charge in [-0.15, -0.1) is 0 Å².